The van der Waals surface area contributed by atoms with Crippen molar-refractivity contribution in [2.75, 3.05) is 0 Å². The molecule has 0 aliphatic heterocycles. The van der Waals surface area contributed by atoms with Gasteiger partial charge in [-0.05, 0) is 33.9 Å². The Morgan fingerprint density at radius 2 is 1.33 bits per heavy atom. The summed E-state index contributed by atoms with van der Waals surface area (Å²) in [6.45, 7) is 13.4. The molecule has 0 aromatic heterocycles. The molecule has 1 atom stereocenters. The maximum Gasteiger partial charge on any atom is 1.00 e. The predicted molar refractivity (Wildman–Crippen MR) is 86.1 cm³/mol. The summed E-state index contributed by atoms with van der Waals surface area (Å²) in [6, 6.07) is 3.34. The number of hydrogen-bond acceptors (Lipinski definition) is 4. The Balaban J connectivity index is 0. The number of phenolic OH excluding ortho intramolecular Hbond substituents is 1. The van der Waals surface area contributed by atoms with Crippen LogP contribution < -0.4 is 47.5 Å². The van der Waals surface area contributed by atoms with E-state index < -0.39 is 13.3 Å². The summed E-state index contributed by atoms with van der Waals surface area (Å²) in [7, 11) is -4.74. The first kappa shape index (κ1) is 26.6. The van der Waals surface area contributed by atoms with Gasteiger partial charge in [-0.2, -0.15) is 0 Å². The Labute approximate surface area is 170 Å². The zero-order chi connectivity index (χ0) is 17.5. The van der Waals surface area contributed by atoms with Gasteiger partial charge in [-0.15, -0.1) is 0 Å². The van der Waals surface area contributed by atoms with Crippen LogP contribution in [0.1, 0.15) is 77.2 Å². The van der Waals surface area contributed by atoms with E-state index in [4.69, 9.17) is 0 Å². The molecule has 0 amide bonds. The Morgan fingerprint density at radius 3 is 1.54 bits per heavy atom. The molecular formula is C17H27Li2O4P. The van der Waals surface area contributed by atoms with E-state index in [1.807, 2.05) is 41.5 Å². The molecule has 24 heavy (non-hydrogen) atoms. The molecule has 0 spiro atoms. The third-order valence-corrected chi connectivity index (χ3v) is 5.33. The first-order valence-electron chi connectivity index (χ1n) is 7.59. The molecule has 1 N–H and O–H groups in total. The van der Waals surface area contributed by atoms with E-state index >= 15 is 0 Å². The van der Waals surface area contributed by atoms with E-state index in [9.17, 15) is 19.5 Å². The second-order valence-electron chi connectivity index (χ2n) is 7.93. The Hall–Kier alpha value is 0.365. The quantitative estimate of drug-likeness (QED) is 0.482. The topological polar surface area (TPSA) is 83.4 Å². The molecule has 0 aliphatic carbocycles. The average Bonchev–Trinajstić information content (AvgIpc) is 2.26. The molecule has 0 saturated heterocycles. The number of hydrogen-bond donors (Lipinski definition) is 1. The van der Waals surface area contributed by atoms with Gasteiger partial charge in [0.1, 0.15) is 5.75 Å². The zero-order valence-corrected chi connectivity index (χ0v) is 17.5. The minimum Gasteiger partial charge on any atom is -0.810 e. The van der Waals surface area contributed by atoms with E-state index in [2.05, 4.69) is 0 Å². The van der Waals surface area contributed by atoms with E-state index in [-0.39, 0.29) is 60.7 Å². The third kappa shape index (κ3) is 6.27. The van der Waals surface area contributed by atoms with Crippen LogP contribution in [0, 0.1) is 0 Å². The fraction of sp³-hybridized carbons (Fsp3) is 0.647. The second kappa shape index (κ2) is 8.84. The molecule has 1 rings (SSSR count). The van der Waals surface area contributed by atoms with Crippen molar-refractivity contribution < 1.29 is 57.2 Å². The van der Waals surface area contributed by atoms with Gasteiger partial charge in [0.25, 0.3) is 0 Å². The summed E-state index contributed by atoms with van der Waals surface area (Å²) >= 11 is 0. The van der Waals surface area contributed by atoms with Gasteiger partial charge in [-0.3, -0.25) is 0 Å². The van der Waals surface area contributed by atoms with Gasteiger partial charge in [0.2, 0.25) is 0 Å². The van der Waals surface area contributed by atoms with Gasteiger partial charge in [-0.25, -0.2) is 0 Å². The Kier molecular flexibility index (Phi) is 9.79. The summed E-state index contributed by atoms with van der Waals surface area (Å²) in [5.74, 6) is 0.185. The average molecular weight is 340 g/mol. The molecule has 0 heterocycles. The molecule has 0 aliphatic rings. The van der Waals surface area contributed by atoms with E-state index in [1.165, 1.54) is 0 Å². The number of phenols is 1. The van der Waals surface area contributed by atoms with Gasteiger partial charge in [0.15, 0.2) is 0 Å². The smallest absolute Gasteiger partial charge is 0.810 e. The standard InChI is InChI=1S/C17H29O4P.2Li/c1-8-14(22(19,20)21)11-9-12(16(2,3)4)15(18)13(10-11)17(5,6)7;;/h9-10,14,18H,8H2,1-7H3,(H2,19,20,21);;/q;2*+1/p-2. The van der Waals surface area contributed by atoms with Crippen LogP contribution >= 0.6 is 7.60 Å². The molecule has 4 nitrogen and oxygen atoms in total. The maximum absolute atomic E-state index is 11.6. The van der Waals surface area contributed by atoms with Crippen LogP contribution in [0.5, 0.6) is 5.75 Å². The van der Waals surface area contributed by atoms with Crippen LogP contribution in [0.25, 0.3) is 0 Å². The van der Waals surface area contributed by atoms with Crippen molar-refractivity contribution in [3.8, 4) is 5.75 Å². The number of benzene rings is 1. The largest absolute Gasteiger partial charge is 1.00 e. The first-order chi connectivity index (χ1) is 9.69. The van der Waals surface area contributed by atoms with E-state index in [0.717, 1.165) is 0 Å². The van der Waals surface area contributed by atoms with Crippen molar-refractivity contribution in [3.63, 3.8) is 0 Å². The monoisotopic (exact) mass is 340 g/mol. The van der Waals surface area contributed by atoms with Crippen LogP contribution in [-0.2, 0) is 15.4 Å². The normalized spacial score (nSPS) is 13.7. The summed E-state index contributed by atoms with van der Waals surface area (Å²) in [4.78, 5) is 23.2. The van der Waals surface area contributed by atoms with Crippen molar-refractivity contribution >= 4 is 7.60 Å². The first-order valence-corrected chi connectivity index (χ1v) is 9.20. The fourth-order valence-electron chi connectivity index (χ4n) is 2.63. The molecule has 7 heteroatoms. The van der Waals surface area contributed by atoms with Crippen molar-refractivity contribution in [2.24, 2.45) is 0 Å². The van der Waals surface area contributed by atoms with Crippen molar-refractivity contribution in [3.05, 3.63) is 28.8 Å². The molecule has 0 fully saturated rings. The minimum absolute atomic E-state index is 0. The van der Waals surface area contributed by atoms with Crippen LogP contribution in [0.4, 0.5) is 0 Å². The van der Waals surface area contributed by atoms with Gasteiger partial charge in [0.05, 0.1) is 0 Å². The van der Waals surface area contributed by atoms with Gasteiger partial charge >= 0.3 is 37.7 Å². The van der Waals surface area contributed by atoms with Crippen LogP contribution in [0.15, 0.2) is 12.1 Å². The minimum atomic E-state index is -4.74. The number of aromatic hydroxyl groups is 1. The van der Waals surface area contributed by atoms with Crippen molar-refractivity contribution in [1.29, 1.82) is 0 Å². The molecule has 1 aromatic rings. The van der Waals surface area contributed by atoms with Crippen molar-refractivity contribution in [1.82, 2.24) is 0 Å². The zero-order valence-electron chi connectivity index (χ0n) is 16.6. The summed E-state index contributed by atoms with van der Waals surface area (Å²) in [6.07, 6.45) is 0.224. The van der Waals surface area contributed by atoms with Crippen LogP contribution in [0.2, 0.25) is 0 Å². The van der Waals surface area contributed by atoms with Crippen LogP contribution in [-0.4, -0.2) is 5.11 Å². The molecule has 0 saturated carbocycles. The Bertz CT molecular complexity index is 563. The van der Waals surface area contributed by atoms with Crippen LogP contribution in [0.3, 0.4) is 0 Å². The van der Waals surface area contributed by atoms with Gasteiger partial charge < -0.3 is 19.5 Å². The van der Waals surface area contributed by atoms with E-state index in [0.29, 0.717) is 16.7 Å². The molecular weight excluding hydrogens is 313 g/mol. The second-order valence-corrected chi connectivity index (χ2v) is 9.63. The SMILES string of the molecule is CCC(c1cc(C(C)(C)C)c(O)c(C(C)(C)C)c1)P(=O)([O-])[O-].[Li+].[Li+]. The fourth-order valence-corrected chi connectivity index (χ4v) is 3.60. The molecule has 1 unspecified atom stereocenters. The predicted octanol–water partition coefficient (Wildman–Crippen LogP) is -2.64. The molecule has 126 valence electrons. The number of rotatable bonds is 3. The summed E-state index contributed by atoms with van der Waals surface area (Å²) in [5.41, 5.74) is 0.0462. The van der Waals surface area contributed by atoms with Gasteiger partial charge in [-0.1, -0.05) is 68.2 Å². The summed E-state index contributed by atoms with van der Waals surface area (Å²) in [5, 5.41) is 10.6. The maximum atomic E-state index is 11.6. The third-order valence-electron chi connectivity index (χ3n) is 3.90. The Morgan fingerprint density at radius 1 is 1.00 bits per heavy atom. The van der Waals surface area contributed by atoms with Crippen molar-refractivity contribution in [2.45, 2.75) is 71.4 Å². The molecule has 0 radical (unpaired) electrons. The molecule has 1 aromatic carbocycles. The molecule has 0 bridgehead atoms. The summed E-state index contributed by atoms with van der Waals surface area (Å²) < 4.78 is 11.6. The van der Waals surface area contributed by atoms with Gasteiger partial charge in [0, 0.05) is 5.66 Å². The van der Waals surface area contributed by atoms with E-state index in [1.54, 1.807) is 19.1 Å².